The van der Waals surface area contributed by atoms with E-state index in [4.69, 9.17) is 4.74 Å². The molecule has 126 valence electrons. The summed E-state index contributed by atoms with van der Waals surface area (Å²) in [7, 11) is 2.08. The largest absolute Gasteiger partial charge is 0.476 e. The SMILES string of the molecule is CN1CCC(NC(=O)C(C)(C)COc2ncccc2C2CC2)C1. The highest BCUT2D eigenvalue weighted by atomic mass is 16.5. The summed E-state index contributed by atoms with van der Waals surface area (Å²) in [6.07, 6.45) is 5.19. The van der Waals surface area contributed by atoms with Gasteiger partial charge in [-0.25, -0.2) is 4.98 Å². The highest BCUT2D eigenvalue weighted by Gasteiger charge is 2.33. The first-order chi connectivity index (χ1) is 11.0. The van der Waals surface area contributed by atoms with Crippen molar-refractivity contribution >= 4 is 5.91 Å². The Hall–Kier alpha value is -1.62. The smallest absolute Gasteiger partial charge is 0.229 e. The fraction of sp³-hybridized carbons (Fsp3) is 0.667. The molecular weight excluding hydrogens is 290 g/mol. The molecule has 23 heavy (non-hydrogen) atoms. The van der Waals surface area contributed by atoms with Crippen molar-refractivity contribution in [3.8, 4) is 5.88 Å². The number of ether oxygens (including phenoxy) is 1. The molecule has 0 radical (unpaired) electrons. The second-order valence-electron chi connectivity index (χ2n) is 7.57. The Morgan fingerprint density at radius 1 is 1.43 bits per heavy atom. The van der Waals surface area contributed by atoms with Gasteiger partial charge in [0, 0.05) is 24.3 Å². The van der Waals surface area contributed by atoms with E-state index in [1.165, 1.54) is 18.4 Å². The summed E-state index contributed by atoms with van der Waals surface area (Å²) in [4.78, 5) is 19.1. The van der Waals surface area contributed by atoms with Crippen molar-refractivity contribution in [1.29, 1.82) is 0 Å². The normalized spacial score (nSPS) is 22.1. The molecule has 5 nitrogen and oxygen atoms in total. The van der Waals surface area contributed by atoms with Crippen molar-refractivity contribution in [2.24, 2.45) is 5.41 Å². The number of amides is 1. The monoisotopic (exact) mass is 317 g/mol. The molecule has 0 bridgehead atoms. The van der Waals surface area contributed by atoms with E-state index in [-0.39, 0.29) is 11.9 Å². The van der Waals surface area contributed by atoms with Crippen LogP contribution in [0, 0.1) is 5.41 Å². The van der Waals surface area contributed by atoms with E-state index in [0.29, 0.717) is 18.4 Å². The predicted octanol–water partition coefficient (Wildman–Crippen LogP) is 2.18. The van der Waals surface area contributed by atoms with Crippen LogP contribution in [0.25, 0.3) is 0 Å². The van der Waals surface area contributed by atoms with E-state index >= 15 is 0 Å². The summed E-state index contributed by atoms with van der Waals surface area (Å²) in [6.45, 7) is 6.18. The molecule has 2 heterocycles. The van der Waals surface area contributed by atoms with Crippen LogP contribution in [0.3, 0.4) is 0 Å². The van der Waals surface area contributed by atoms with Crippen molar-refractivity contribution < 1.29 is 9.53 Å². The topological polar surface area (TPSA) is 54.5 Å². The first-order valence-corrected chi connectivity index (χ1v) is 8.53. The number of hydrogen-bond donors (Lipinski definition) is 1. The molecule has 2 fully saturated rings. The second-order valence-corrected chi connectivity index (χ2v) is 7.57. The summed E-state index contributed by atoms with van der Waals surface area (Å²) >= 11 is 0. The number of nitrogens with one attached hydrogen (secondary N) is 1. The number of rotatable bonds is 6. The van der Waals surface area contributed by atoms with Gasteiger partial charge in [0.15, 0.2) is 0 Å². The summed E-state index contributed by atoms with van der Waals surface area (Å²) in [6, 6.07) is 4.29. The van der Waals surface area contributed by atoms with Crippen LogP contribution in [0.1, 0.15) is 44.6 Å². The van der Waals surface area contributed by atoms with Crippen LogP contribution in [-0.4, -0.2) is 48.6 Å². The van der Waals surface area contributed by atoms with Crippen LogP contribution in [0.15, 0.2) is 18.3 Å². The van der Waals surface area contributed by atoms with Gasteiger partial charge in [-0.3, -0.25) is 4.79 Å². The van der Waals surface area contributed by atoms with Gasteiger partial charge in [0.05, 0.1) is 5.41 Å². The Balaban J connectivity index is 1.56. The lowest BCUT2D eigenvalue weighted by Crippen LogP contribution is -2.46. The highest BCUT2D eigenvalue weighted by molar-refractivity contribution is 5.82. The lowest BCUT2D eigenvalue weighted by atomic mass is 9.93. The quantitative estimate of drug-likeness (QED) is 0.874. The Bertz CT molecular complexity index is 569. The lowest BCUT2D eigenvalue weighted by Gasteiger charge is -2.26. The number of likely N-dealkylation sites (tertiary alicyclic amines) is 1. The van der Waals surface area contributed by atoms with Crippen molar-refractivity contribution in [3.63, 3.8) is 0 Å². The van der Waals surface area contributed by atoms with Gasteiger partial charge in [0.25, 0.3) is 0 Å². The second kappa shape index (κ2) is 6.48. The number of aromatic nitrogens is 1. The molecule has 2 aliphatic rings. The van der Waals surface area contributed by atoms with E-state index in [2.05, 4.69) is 28.3 Å². The molecule has 1 atom stereocenters. The van der Waals surface area contributed by atoms with Crippen molar-refractivity contribution in [1.82, 2.24) is 15.2 Å². The Labute approximate surface area is 138 Å². The van der Waals surface area contributed by atoms with E-state index in [0.717, 1.165) is 19.5 Å². The zero-order valence-corrected chi connectivity index (χ0v) is 14.3. The number of hydrogen-bond acceptors (Lipinski definition) is 4. The van der Waals surface area contributed by atoms with Gasteiger partial charge < -0.3 is 15.0 Å². The molecule has 1 saturated carbocycles. The third-order valence-electron chi connectivity index (χ3n) is 4.73. The Morgan fingerprint density at radius 2 is 2.22 bits per heavy atom. The summed E-state index contributed by atoms with van der Waals surface area (Å²) in [5, 5.41) is 3.15. The molecule has 1 aromatic rings. The van der Waals surface area contributed by atoms with Crippen LogP contribution in [0.5, 0.6) is 5.88 Å². The molecule has 5 heteroatoms. The average Bonchev–Trinajstić information content (AvgIpc) is 3.29. The van der Waals surface area contributed by atoms with Gasteiger partial charge in [0.2, 0.25) is 11.8 Å². The molecule has 1 N–H and O–H groups in total. The molecule has 1 unspecified atom stereocenters. The van der Waals surface area contributed by atoms with E-state index in [1.807, 2.05) is 19.9 Å². The minimum atomic E-state index is -0.570. The summed E-state index contributed by atoms with van der Waals surface area (Å²) in [5.74, 6) is 1.34. The summed E-state index contributed by atoms with van der Waals surface area (Å²) < 4.78 is 5.93. The number of likely N-dealkylation sites (N-methyl/N-ethyl adjacent to an activating group) is 1. The van der Waals surface area contributed by atoms with Crippen molar-refractivity contribution in [3.05, 3.63) is 23.9 Å². The van der Waals surface area contributed by atoms with E-state index < -0.39 is 5.41 Å². The minimum Gasteiger partial charge on any atom is -0.476 e. The van der Waals surface area contributed by atoms with Crippen molar-refractivity contribution in [2.75, 3.05) is 26.7 Å². The van der Waals surface area contributed by atoms with Gasteiger partial charge in [-0.05, 0) is 58.7 Å². The van der Waals surface area contributed by atoms with Crippen molar-refractivity contribution in [2.45, 2.75) is 45.1 Å². The highest BCUT2D eigenvalue weighted by Crippen LogP contribution is 2.43. The molecule has 1 aliphatic carbocycles. The predicted molar refractivity (Wildman–Crippen MR) is 89.5 cm³/mol. The average molecular weight is 317 g/mol. The van der Waals surface area contributed by atoms with Gasteiger partial charge in [-0.2, -0.15) is 0 Å². The standard InChI is InChI=1S/C18H27N3O2/c1-18(2,17(22)20-14-8-10-21(3)11-14)12-23-16-15(13-6-7-13)5-4-9-19-16/h4-5,9,13-14H,6-8,10-12H2,1-3H3,(H,20,22). The number of nitrogens with zero attached hydrogens (tertiary/aromatic N) is 2. The third-order valence-corrected chi connectivity index (χ3v) is 4.73. The van der Waals surface area contributed by atoms with Crippen LogP contribution in [0.4, 0.5) is 0 Å². The van der Waals surface area contributed by atoms with Crippen LogP contribution in [-0.2, 0) is 4.79 Å². The van der Waals surface area contributed by atoms with Gasteiger partial charge >= 0.3 is 0 Å². The number of pyridine rings is 1. The first kappa shape index (κ1) is 16.2. The zero-order valence-electron chi connectivity index (χ0n) is 14.3. The molecule has 1 aliphatic heterocycles. The van der Waals surface area contributed by atoms with E-state index in [9.17, 15) is 4.79 Å². The molecular formula is C18H27N3O2. The maximum absolute atomic E-state index is 12.5. The summed E-state index contributed by atoms with van der Waals surface area (Å²) in [5.41, 5.74) is 0.612. The van der Waals surface area contributed by atoms with Gasteiger partial charge in [-0.1, -0.05) is 6.07 Å². The van der Waals surface area contributed by atoms with Gasteiger partial charge in [-0.15, -0.1) is 0 Å². The Morgan fingerprint density at radius 3 is 2.87 bits per heavy atom. The molecule has 1 amide bonds. The molecule has 0 aromatic carbocycles. The zero-order chi connectivity index (χ0) is 16.4. The molecule has 3 rings (SSSR count). The van der Waals surface area contributed by atoms with Crippen LogP contribution >= 0.6 is 0 Å². The van der Waals surface area contributed by atoms with E-state index in [1.54, 1.807) is 6.20 Å². The molecule has 0 spiro atoms. The number of carbonyl (C=O) groups excluding carboxylic acids is 1. The lowest BCUT2D eigenvalue weighted by molar-refractivity contribution is -0.131. The van der Waals surface area contributed by atoms with Crippen LogP contribution < -0.4 is 10.1 Å². The molecule has 1 saturated heterocycles. The Kier molecular flexibility index (Phi) is 4.57. The fourth-order valence-electron chi connectivity index (χ4n) is 2.98. The maximum atomic E-state index is 12.5. The third kappa shape index (κ3) is 4.02. The minimum absolute atomic E-state index is 0.0571. The molecule has 1 aromatic heterocycles. The van der Waals surface area contributed by atoms with Crippen LogP contribution in [0.2, 0.25) is 0 Å². The maximum Gasteiger partial charge on any atom is 0.229 e. The van der Waals surface area contributed by atoms with Gasteiger partial charge in [0.1, 0.15) is 6.61 Å². The first-order valence-electron chi connectivity index (χ1n) is 8.53. The number of carbonyl (C=O) groups is 1. The fourth-order valence-corrected chi connectivity index (χ4v) is 2.98.